The van der Waals surface area contributed by atoms with Crippen molar-refractivity contribution >= 4 is 11.8 Å². The molecule has 6 nitrogen and oxygen atoms in total. The number of carboxylic acid groups (broad SMARTS) is 1. The molecular formula is C7H8FN3O3. The van der Waals surface area contributed by atoms with Gasteiger partial charge in [-0.3, -0.25) is 9.36 Å². The maximum absolute atomic E-state index is 12.8. The minimum atomic E-state index is -1.07. The molecule has 0 atom stereocenters. The first-order chi connectivity index (χ1) is 6.50. The number of hydrogen-bond donors (Lipinski definition) is 2. The summed E-state index contributed by atoms with van der Waals surface area (Å²) >= 11 is 0. The highest BCUT2D eigenvalue weighted by molar-refractivity contribution is 5.66. The zero-order chi connectivity index (χ0) is 10.7. The number of carboxylic acids is 1. The van der Waals surface area contributed by atoms with Gasteiger partial charge < -0.3 is 10.8 Å². The molecule has 14 heavy (non-hydrogen) atoms. The van der Waals surface area contributed by atoms with Gasteiger partial charge in [-0.05, 0) is 0 Å². The van der Waals surface area contributed by atoms with Crippen LogP contribution in [0.25, 0.3) is 0 Å². The van der Waals surface area contributed by atoms with Crippen molar-refractivity contribution in [2.45, 2.75) is 13.0 Å². The first-order valence-electron chi connectivity index (χ1n) is 3.75. The topological polar surface area (TPSA) is 98.2 Å². The van der Waals surface area contributed by atoms with Gasteiger partial charge in [0, 0.05) is 12.7 Å². The number of carbonyl (C=O) groups is 1. The standard InChI is InChI=1S/C7H8FN3O3/c8-4-3-11(2-1-5(12)13)7(14)10-6(4)9/h3H,1-2H2,(H,12,13)(H2,9,10,14). The fraction of sp³-hybridized carbons (Fsp3) is 0.286. The lowest BCUT2D eigenvalue weighted by Crippen LogP contribution is -2.25. The Morgan fingerprint density at radius 2 is 2.36 bits per heavy atom. The average Bonchev–Trinajstić information content (AvgIpc) is 2.09. The molecule has 0 spiro atoms. The smallest absolute Gasteiger partial charge is 0.349 e. The van der Waals surface area contributed by atoms with Crippen LogP contribution in [0.15, 0.2) is 11.0 Å². The maximum Gasteiger partial charge on any atom is 0.349 e. The number of aryl methyl sites for hydroxylation is 1. The van der Waals surface area contributed by atoms with Gasteiger partial charge in [-0.15, -0.1) is 0 Å². The average molecular weight is 201 g/mol. The number of hydrogen-bond acceptors (Lipinski definition) is 4. The maximum atomic E-state index is 12.8. The second kappa shape index (κ2) is 3.86. The van der Waals surface area contributed by atoms with Crippen LogP contribution in [0, 0.1) is 5.82 Å². The van der Waals surface area contributed by atoms with E-state index in [1.807, 2.05) is 0 Å². The third kappa shape index (κ3) is 2.28. The number of nitrogen functional groups attached to an aromatic ring is 1. The van der Waals surface area contributed by atoms with E-state index in [0.29, 0.717) is 0 Å². The van der Waals surface area contributed by atoms with Gasteiger partial charge in [-0.25, -0.2) is 9.18 Å². The highest BCUT2D eigenvalue weighted by atomic mass is 19.1. The molecule has 0 aliphatic carbocycles. The molecule has 3 N–H and O–H groups in total. The van der Waals surface area contributed by atoms with E-state index in [4.69, 9.17) is 10.8 Å². The summed E-state index contributed by atoms with van der Waals surface area (Å²) in [5.41, 5.74) is 4.27. The van der Waals surface area contributed by atoms with Crippen LogP contribution in [0.4, 0.5) is 10.2 Å². The third-order valence-electron chi connectivity index (χ3n) is 1.54. The molecule has 76 valence electrons. The minimum Gasteiger partial charge on any atom is -0.481 e. The Balaban J connectivity index is 2.93. The largest absolute Gasteiger partial charge is 0.481 e. The van der Waals surface area contributed by atoms with Crippen molar-refractivity contribution in [3.8, 4) is 0 Å². The summed E-state index contributed by atoms with van der Waals surface area (Å²) in [7, 11) is 0. The van der Waals surface area contributed by atoms with Crippen LogP contribution < -0.4 is 11.4 Å². The predicted octanol–water partition coefficient (Wildman–Crippen LogP) is -0.561. The van der Waals surface area contributed by atoms with Crippen molar-refractivity contribution in [2.75, 3.05) is 5.73 Å². The molecule has 0 saturated heterocycles. The molecule has 1 heterocycles. The molecule has 0 amide bonds. The quantitative estimate of drug-likeness (QED) is 0.682. The van der Waals surface area contributed by atoms with Crippen LogP contribution in [0.2, 0.25) is 0 Å². The van der Waals surface area contributed by atoms with E-state index < -0.39 is 23.3 Å². The van der Waals surface area contributed by atoms with Gasteiger partial charge in [0.1, 0.15) is 0 Å². The molecule has 1 aromatic heterocycles. The Morgan fingerprint density at radius 3 is 2.93 bits per heavy atom. The van der Waals surface area contributed by atoms with E-state index in [1.165, 1.54) is 0 Å². The van der Waals surface area contributed by atoms with Gasteiger partial charge in [0.2, 0.25) is 0 Å². The molecular weight excluding hydrogens is 193 g/mol. The number of anilines is 1. The molecule has 0 aromatic carbocycles. The van der Waals surface area contributed by atoms with Gasteiger partial charge in [0.15, 0.2) is 11.6 Å². The summed E-state index contributed by atoms with van der Waals surface area (Å²) in [4.78, 5) is 24.4. The van der Waals surface area contributed by atoms with Crippen LogP contribution in [-0.4, -0.2) is 20.6 Å². The predicted molar refractivity (Wildman–Crippen MR) is 45.1 cm³/mol. The molecule has 0 unspecified atom stereocenters. The number of nitrogens with two attached hydrogens (primary N) is 1. The van der Waals surface area contributed by atoms with Crippen LogP contribution in [0.5, 0.6) is 0 Å². The lowest BCUT2D eigenvalue weighted by Gasteiger charge is -2.03. The van der Waals surface area contributed by atoms with Crippen molar-refractivity contribution in [3.05, 3.63) is 22.5 Å². The van der Waals surface area contributed by atoms with Crippen molar-refractivity contribution < 1.29 is 14.3 Å². The fourth-order valence-corrected chi connectivity index (χ4v) is 0.855. The zero-order valence-electron chi connectivity index (χ0n) is 7.11. The van der Waals surface area contributed by atoms with Crippen molar-refractivity contribution in [3.63, 3.8) is 0 Å². The van der Waals surface area contributed by atoms with Crippen molar-refractivity contribution in [2.24, 2.45) is 0 Å². The zero-order valence-corrected chi connectivity index (χ0v) is 7.11. The van der Waals surface area contributed by atoms with Gasteiger partial charge in [0.25, 0.3) is 0 Å². The van der Waals surface area contributed by atoms with E-state index in [2.05, 4.69) is 4.98 Å². The lowest BCUT2D eigenvalue weighted by molar-refractivity contribution is -0.137. The molecule has 1 rings (SSSR count). The highest BCUT2D eigenvalue weighted by Gasteiger charge is 2.06. The Kier molecular flexibility index (Phi) is 2.80. The third-order valence-corrected chi connectivity index (χ3v) is 1.54. The summed E-state index contributed by atoms with van der Waals surface area (Å²) in [5, 5.41) is 8.34. The molecule has 7 heteroatoms. The molecule has 0 radical (unpaired) electrons. The van der Waals surface area contributed by atoms with E-state index in [-0.39, 0.29) is 13.0 Å². The van der Waals surface area contributed by atoms with E-state index >= 15 is 0 Å². The van der Waals surface area contributed by atoms with Gasteiger partial charge in [-0.1, -0.05) is 0 Å². The van der Waals surface area contributed by atoms with Crippen LogP contribution in [0.3, 0.4) is 0 Å². The van der Waals surface area contributed by atoms with Crippen molar-refractivity contribution in [1.29, 1.82) is 0 Å². The van der Waals surface area contributed by atoms with Gasteiger partial charge in [0.05, 0.1) is 6.42 Å². The van der Waals surface area contributed by atoms with E-state index in [9.17, 15) is 14.0 Å². The van der Waals surface area contributed by atoms with Crippen LogP contribution in [-0.2, 0) is 11.3 Å². The minimum absolute atomic E-state index is 0.127. The second-order valence-electron chi connectivity index (χ2n) is 2.59. The number of aromatic nitrogens is 2. The van der Waals surface area contributed by atoms with E-state index in [1.54, 1.807) is 0 Å². The van der Waals surface area contributed by atoms with Crippen LogP contribution >= 0.6 is 0 Å². The van der Waals surface area contributed by atoms with E-state index in [0.717, 1.165) is 10.8 Å². The number of aliphatic carboxylic acids is 1. The normalized spacial score (nSPS) is 10.1. The number of halogens is 1. The SMILES string of the molecule is Nc1nc(=O)n(CCC(=O)O)cc1F. The molecule has 0 saturated carbocycles. The molecule has 0 fully saturated rings. The Labute approximate surface area is 77.8 Å². The van der Waals surface area contributed by atoms with Crippen LogP contribution in [0.1, 0.15) is 6.42 Å². The summed E-state index contributed by atoms with van der Waals surface area (Å²) in [6.07, 6.45) is 0.568. The number of rotatable bonds is 3. The van der Waals surface area contributed by atoms with Gasteiger partial charge in [-0.2, -0.15) is 4.98 Å². The monoisotopic (exact) mass is 201 g/mol. The van der Waals surface area contributed by atoms with Crippen molar-refractivity contribution in [1.82, 2.24) is 9.55 Å². The first kappa shape index (κ1) is 10.2. The molecule has 0 aliphatic rings. The fourth-order valence-electron chi connectivity index (χ4n) is 0.855. The second-order valence-corrected chi connectivity index (χ2v) is 2.59. The van der Waals surface area contributed by atoms with Gasteiger partial charge >= 0.3 is 11.7 Å². The Hall–Kier alpha value is -1.92. The summed E-state index contributed by atoms with van der Waals surface area (Å²) in [5.74, 6) is -2.40. The summed E-state index contributed by atoms with van der Waals surface area (Å²) in [6.45, 7) is -0.127. The summed E-state index contributed by atoms with van der Waals surface area (Å²) < 4.78 is 13.6. The lowest BCUT2D eigenvalue weighted by atomic mass is 10.4. The molecule has 1 aromatic rings. The Morgan fingerprint density at radius 1 is 1.71 bits per heavy atom. The Bertz CT molecular complexity index is 415. The number of nitrogens with zero attached hydrogens (tertiary/aromatic N) is 2. The first-order valence-corrected chi connectivity index (χ1v) is 3.75. The molecule has 0 bridgehead atoms. The summed E-state index contributed by atoms with van der Waals surface area (Å²) in [6, 6.07) is 0. The highest BCUT2D eigenvalue weighted by Crippen LogP contribution is 2.01. The molecule has 0 aliphatic heterocycles.